The number of fused-ring (bicyclic) bond motifs is 1. The molecular weight excluding hydrogens is 190 g/mol. The van der Waals surface area contributed by atoms with Crippen LogP contribution in [0.15, 0.2) is 30.9 Å². The molecule has 1 heterocycles. The topological polar surface area (TPSA) is 37.4 Å². The minimum Gasteiger partial charge on any atom is -0.301 e. The summed E-state index contributed by atoms with van der Waals surface area (Å²) in [5.41, 5.74) is 2.17. The smallest absolute Gasteiger partial charge is 0.299 e. The maximum Gasteiger partial charge on any atom is 0.299 e. The van der Waals surface area contributed by atoms with E-state index >= 15 is 0 Å². The molecule has 3 heteroatoms. The van der Waals surface area contributed by atoms with Crippen molar-refractivity contribution in [3.05, 3.63) is 42.0 Å². The van der Waals surface area contributed by atoms with Crippen LogP contribution in [0.25, 0.3) is 0 Å². The van der Waals surface area contributed by atoms with Crippen LogP contribution in [0.3, 0.4) is 0 Å². The largest absolute Gasteiger partial charge is 0.301 e. The Morgan fingerprint density at radius 2 is 2.13 bits per heavy atom. The molecule has 0 spiro atoms. The van der Waals surface area contributed by atoms with E-state index in [4.69, 9.17) is 0 Å². The molecule has 0 aliphatic carbocycles. The van der Waals surface area contributed by atoms with E-state index in [1.54, 1.807) is 18.2 Å². The molecule has 0 aromatic heterocycles. The van der Waals surface area contributed by atoms with Crippen molar-refractivity contribution >= 4 is 17.4 Å². The number of carbonyl (C=O) groups excluding carboxylic acids is 2. The number of benzene rings is 1. The molecule has 2 rings (SSSR count). The van der Waals surface area contributed by atoms with E-state index in [1.807, 2.05) is 13.0 Å². The predicted octanol–water partition coefficient (Wildman–Crippen LogP) is 1.71. The second kappa shape index (κ2) is 3.35. The van der Waals surface area contributed by atoms with E-state index in [0.717, 1.165) is 11.3 Å². The standard InChI is InChI=1S/C12H11NO2/c1-3-7-13-10-8(2)5-4-6-9(10)11(14)12(13)15/h3-6H,1,7H2,2H3. The highest BCUT2D eigenvalue weighted by molar-refractivity contribution is 6.52. The van der Waals surface area contributed by atoms with Crippen LogP contribution in [-0.4, -0.2) is 18.2 Å². The lowest BCUT2D eigenvalue weighted by Crippen LogP contribution is -2.29. The van der Waals surface area contributed by atoms with Crippen molar-refractivity contribution in [2.24, 2.45) is 0 Å². The van der Waals surface area contributed by atoms with Crippen molar-refractivity contribution in [3.8, 4) is 0 Å². The van der Waals surface area contributed by atoms with E-state index in [1.165, 1.54) is 4.90 Å². The molecule has 1 amide bonds. The average Bonchev–Trinajstić information content (AvgIpc) is 2.46. The number of Topliss-reactive ketones (excluding diaryl/α,β-unsaturated/α-hetero) is 1. The number of hydrogen-bond donors (Lipinski definition) is 0. The predicted molar refractivity (Wildman–Crippen MR) is 58.1 cm³/mol. The van der Waals surface area contributed by atoms with Crippen molar-refractivity contribution in [2.45, 2.75) is 6.92 Å². The molecule has 0 saturated carbocycles. The summed E-state index contributed by atoms with van der Waals surface area (Å²) in [6.07, 6.45) is 1.62. The van der Waals surface area contributed by atoms with Crippen molar-refractivity contribution in [2.75, 3.05) is 11.4 Å². The molecule has 0 saturated heterocycles. The van der Waals surface area contributed by atoms with Crippen molar-refractivity contribution < 1.29 is 9.59 Å². The van der Waals surface area contributed by atoms with Gasteiger partial charge in [0.2, 0.25) is 0 Å². The first-order valence-electron chi connectivity index (χ1n) is 4.73. The van der Waals surface area contributed by atoms with Crippen LogP contribution < -0.4 is 4.90 Å². The summed E-state index contributed by atoms with van der Waals surface area (Å²) in [4.78, 5) is 24.7. The van der Waals surface area contributed by atoms with Crippen LogP contribution in [0.5, 0.6) is 0 Å². The molecule has 76 valence electrons. The SMILES string of the molecule is C=CCN1C(=O)C(=O)c2cccc(C)c21. The van der Waals surface area contributed by atoms with Crippen LogP contribution in [0, 0.1) is 6.92 Å². The third-order valence-corrected chi connectivity index (χ3v) is 2.50. The molecule has 1 aliphatic heterocycles. The van der Waals surface area contributed by atoms with E-state index in [0.29, 0.717) is 12.1 Å². The van der Waals surface area contributed by atoms with Crippen LogP contribution >= 0.6 is 0 Å². The molecule has 1 aromatic carbocycles. The van der Waals surface area contributed by atoms with Gasteiger partial charge in [0.1, 0.15) is 0 Å². The zero-order valence-electron chi connectivity index (χ0n) is 8.49. The first-order chi connectivity index (χ1) is 7.16. The van der Waals surface area contributed by atoms with E-state index < -0.39 is 11.7 Å². The summed E-state index contributed by atoms with van der Waals surface area (Å²) in [5.74, 6) is -0.880. The van der Waals surface area contributed by atoms with Gasteiger partial charge in [0, 0.05) is 6.54 Å². The van der Waals surface area contributed by atoms with Crippen LogP contribution in [0.1, 0.15) is 15.9 Å². The summed E-state index contributed by atoms with van der Waals surface area (Å²) < 4.78 is 0. The number of hydrogen-bond acceptors (Lipinski definition) is 2. The van der Waals surface area contributed by atoms with Crippen LogP contribution in [0.4, 0.5) is 5.69 Å². The first-order valence-corrected chi connectivity index (χ1v) is 4.73. The summed E-state index contributed by atoms with van der Waals surface area (Å²) in [6.45, 7) is 5.85. The molecular formula is C12H11NO2. The van der Waals surface area contributed by atoms with E-state index in [2.05, 4.69) is 6.58 Å². The number of carbonyl (C=O) groups is 2. The Labute approximate surface area is 88.0 Å². The lowest BCUT2D eigenvalue weighted by atomic mass is 10.1. The number of aryl methyl sites for hydroxylation is 1. The van der Waals surface area contributed by atoms with E-state index in [9.17, 15) is 9.59 Å². The Balaban J connectivity index is 2.61. The van der Waals surface area contributed by atoms with Gasteiger partial charge >= 0.3 is 0 Å². The molecule has 0 atom stereocenters. The normalized spacial score (nSPS) is 14.3. The van der Waals surface area contributed by atoms with Gasteiger partial charge in [-0.1, -0.05) is 18.2 Å². The number of rotatable bonds is 2. The quantitative estimate of drug-likeness (QED) is 0.539. The fraction of sp³-hybridized carbons (Fsp3) is 0.167. The molecule has 3 nitrogen and oxygen atoms in total. The monoisotopic (exact) mass is 201 g/mol. The summed E-state index contributed by atoms with van der Waals surface area (Å²) in [7, 11) is 0. The van der Waals surface area contributed by atoms with Gasteiger partial charge in [-0.3, -0.25) is 9.59 Å². The minimum atomic E-state index is -0.459. The number of para-hydroxylation sites is 1. The van der Waals surface area contributed by atoms with Crippen LogP contribution in [-0.2, 0) is 4.79 Å². The molecule has 0 fully saturated rings. The zero-order valence-corrected chi connectivity index (χ0v) is 8.49. The molecule has 0 bridgehead atoms. The van der Waals surface area contributed by atoms with Gasteiger partial charge in [-0.25, -0.2) is 0 Å². The summed E-state index contributed by atoms with van der Waals surface area (Å²) >= 11 is 0. The van der Waals surface area contributed by atoms with Gasteiger partial charge in [-0.15, -0.1) is 6.58 Å². The van der Waals surface area contributed by atoms with Gasteiger partial charge in [0.25, 0.3) is 11.7 Å². The van der Waals surface area contributed by atoms with Gasteiger partial charge in [-0.2, -0.15) is 0 Å². The van der Waals surface area contributed by atoms with Crippen molar-refractivity contribution in [3.63, 3.8) is 0 Å². The highest BCUT2D eigenvalue weighted by atomic mass is 16.2. The number of anilines is 1. The zero-order chi connectivity index (χ0) is 11.0. The number of nitrogens with zero attached hydrogens (tertiary/aromatic N) is 1. The Morgan fingerprint density at radius 3 is 2.80 bits per heavy atom. The molecule has 1 aliphatic rings. The molecule has 0 radical (unpaired) electrons. The number of ketones is 1. The van der Waals surface area contributed by atoms with Gasteiger partial charge in [-0.05, 0) is 18.6 Å². The van der Waals surface area contributed by atoms with Crippen molar-refractivity contribution in [1.82, 2.24) is 0 Å². The molecule has 1 aromatic rings. The summed E-state index contributed by atoms with van der Waals surface area (Å²) in [6, 6.07) is 5.36. The molecule has 0 unspecified atom stereocenters. The maximum atomic E-state index is 11.6. The lowest BCUT2D eigenvalue weighted by molar-refractivity contribution is -0.114. The van der Waals surface area contributed by atoms with Gasteiger partial charge < -0.3 is 4.90 Å². The van der Waals surface area contributed by atoms with E-state index in [-0.39, 0.29) is 0 Å². The average molecular weight is 201 g/mol. The number of amides is 1. The van der Waals surface area contributed by atoms with Crippen molar-refractivity contribution in [1.29, 1.82) is 0 Å². The first kappa shape index (κ1) is 9.65. The fourth-order valence-corrected chi connectivity index (χ4v) is 1.84. The maximum absolute atomic E-state index is 11.6. The highest BCUT2D eigenvalue weighted by Gasteiger charge is 2.35. The molecule has 0 N–H and O–H groups in total. The second-order valence-electron chi connectivity index (χ2n) is 3.50. The third kappa shape index (κ3) is 1.28. The second-order valence-corrected chi connectivity index (χ2v) is 3.50. The Hall–Kier alpha value is -1.90. The Bertz CT molecular complexity index is 463. The molecule has 15 heavy (non-hydrogen) atoms. The third-order valence-electron chi connectivity index (χ3n) is 2.50. The highest BCUT2D eigenvalue weighted by Crippen LogP contribution is 2.31. The fourth-order valence-electron chi connectivity index (χ4n) is 1.84. The Kier molecular flexibility index (Phi) is 2.15. The summed E-state index contributed by atoms with van der Waals surface area (Å²) in [5, 5.41) is 0. The minimum absolute atomic E-state index is 0.377. The van der Waals surface area contributed by atoms with Crippen LogP contribution in [0.2, 0.25) is 0 Å². The Morgan fingerprint density at radius 1 is 1.40 bits per heavy atom. The van der Waals surface area contributed by atoms with Gasteiger partial charge in [0.05, 0.1) is 11.3 Å². The van der Waals surface area contributed by atoms with Gasteiger partial charge in [0.15, 0.2) is 0 Å². The lowest BCUT2D eigenvalue weighted by Gasteiger charge is -2.15.